The largest absolute Gasteiger partial charge is 0.354 e. The van der Waals surface area contributed by atoms with Crippen molar-refractivity contribution in [1.82, 2.24) is 9.97 Å². The fourth-order valence-electron chi connectivity index (χ4n) is 2.65. The van der Waals surface area contributed by atoms with Gasteiger partial charge in [0.25, 0.3) is 0 Å². The van der Waals surface area contributed by atoms with Crippen molar-refractivity contribution in [2.24, 2.45) is 0 Å². The van der Waals surface area contributed by atoms with Crippen LogP contribution in [0.15, 0.2) is 6.20 Å². The van der Waals surface area contributed by atoms with Gasteiger partial charge >= 0.3 is 0 Å². The third-order valence-corrected chi connectivity index (χ3v) is 5.34. The normalized spacial score (nSPS) is 15.9. The molecule has 0 unspecified atom stereocenters. The summed E-state index contributed by atoms with van der Waals surface area (Å²) in [6.45, 7) is 4.28. The van der Waals surface area contributed by atoms with Crippen molar-refractivity contribution < 1.29 is 4.79 Å². The fraction of sp³-hybridized carbons (Fsp3) is 0.688. The first-order chi connectivity index (χ1) is 10.2. The highest BCUT2D eigenvalue weighted by Gasteiger charge is 2.13. The van der Waals surface area contributed by atoms with Gasteiger partial charge in [-0.15, -0.1) is 0 Å². The highest BCUT2D eigenvalue weighted by Crippen LogP contribution is 2.28. The average molecular weight is 307 g/mol. The van der Waals surface area contributed by atoms with E-state index >= 15 is 0 Å². The van der Waals surface area contributed by atoms with E-state index in [-0.39, 0.29) is 5.78 Å². The molecule has 1 aromatic heterocycles. The van der Waals surface area contributed by atoms with Gasteiger partial charge in [0.05, 0.1) is 11.3 Å². The number of rotatable bonds is 7. The van der Waals surface area contributed by atoms with E-state index in [4.69, 9.17) is 0 Å². The predicted octanol–water partition coefficient (Wildman–Crippen LogP) is 3.86. The molecule has 116 valence electrons. The van der Waals surface area contributed by atoms with Gasteiger partial charge in [-0.1, -0.05) is 19.3 Å². The summed E-state index contributed by atoms with van der Waals surface area (Å²) in [4.78, 5) is 19.9. The molecule has 4 nitrogen and oxygen atoms in total. The highest BCUT2D eigenvalue weighted by atomic mass is 32.2. The topological polar surface area (TPSA) is 54.9 Å². The maximum absolute atomic E-state index is 11.3. The number of hydrogen-bond donors (Lipinski definition) is 1. The quantitative estimate of drug-likeness (QED) is 0.612. The molecule has 1 aliphatic rings. The van der Waals surface area contributed by atoms with Crippen LogP contribution in [0.5, 0.6) is 0 Å². The fourth-order valence-corrected chi connectivity index (χ4v) is 3.96. The van der Waals surface area contributed by atoms with Crippen molar-refractivity contribution in [3.63, 3.8) is 0 Å². The monoisotopic (exact) mass is 307 g/mol. The number of carbonyl (C=O) groups excluding carboxylic acids is 1. The molecule has 1 N–H and O–H groups in total. The van der Waals surface area contributed by atoms with Crippen LogP contribution in [0.1, 0.15) is 61.5 Å². The molecule has 1 aromatic rings. The Morgan fingerprint density at radius 1 is 1.38 bits per heavy atom. The van der Waals surface area contributed by atoms with Gasteiger partial charge in [0, 0.05) is 18.0 Å². The lowest BCUT2D eigenvalue weighted by molar-refractivity contribution is 0.101. The van der Waals surface area contributed by atoms with E-state index in [2.05, 4.69) is 27.0 Å². The van der Waals surface area contributed by atoms with E-state index in [1.165, 1.54) is 37.9 Å². The number of Topliss-reactive ketones (excluding diaryl/α,β-unsaturated/α-hetero) is 1. The molecular weight excluding hydrogens is 282 g/mol. The van der Waals surface area contributed by atoms with E-state index < -0.39 is 0 Å². The standard InChI is InChI=1S/C16H25N3OS/c1-12-15(13(2)20)11-18-16(19-12)17-9-6-10-21-14-7-4-3-5-8-14/h11,14H,3-10H2,1-2H3,(H,17,18,19). The molecule has 1 saturated carbocycles. The third-order valence-electron chi connectivity index (χ3n) is 3.87. The minimum Gasteiger partial charge on any atom is -0.354 e. The van der Waals surface area contributed by atoms with Gasteiger partial charge in [-0.2, -0.15) is 11.8 Å². The van der Waals surface area contributed by atoms with Gasteiger partial charge in [0.15, 0.2) is 5.78 Å². The van der Waals surface area contributed by atoms with Crippen molar-refractivity contribution in [1.29, 1.82) is 0 Å². The summed E-state index contributed by atoms with van der Waals surface area (Å²) in [5, 5.41) is 4.12. The van der Waals surface area contributed by atoms with Gasteiger partial charge in [0.2, 0.25) is 5.95 Å². The second-order valence-corrected chi connectivity index (χ2v) is 7.07. The second kappa shape index (κ2) is 8.37. The van der Waals surface area contributed by atoms with E-state index in [0.717, 1.165) is 23.9 Å². The van der Waals surface area contributed by atoms with E-state index in [0.29, 0.717) is 11.5 Å². The van der Waals surface area contributed by atoms with E-state index in [9.17, 15) is 4.79 Å². The molecule has 1 fully saturated rings. The van der Waals surface area contributed by atoms with Crippen LogP contribution in [0.3, 0.4) is 0 Å². The van der Waals surface area contributed by atoms with Crippen molar-refractivity contribution in [3.05, 3.63) is 17.5 Å². The van der Waals surface area contributed by atoms with Crippen LogP contribution >= 0.6 is 11.8 Å². The lowest BCUT2D eigenvalue weighted by Crippen LogP contribution is -2.11. The smallest absolute Gasteiger partial charge is 0.222 e. The Bertz CT molecular complexity index is 473. The van der Waals surface area contributed by atoms with Gasteiger partial charge in [-0.3, -0.25) is 4.79 Å². The first-order valence-corrected chi connectivity index (χ1v) is 8.92. The number of thioether (sulfide) groups is 1. The molecule has 5 heteroatoms. The zero-order valence-electron chi connectivity index (χ0n) is 13.0. The average Bonchev–Trinajstić information content (AvgIpc) is 2.47. The zero-order chi connectivity index (χ0) is 15.1. The Morgan fingerprint density at radius 3 is 2.81 bits per heavy atom. The van der Waals surface area contributed by atoms with Crippen molar-refractivity contribution in [3.8, 4) is 0 Å². The number of nitrogens with one attached hydrogen (secondary N) is 1. The zero-order valence-corrected chi connectivity index (χ0v) is 13.8. The van der Waals surface area contributed by atoms with Gasteiger partial charge < -0.3 is 5.32 Å². The Morgan fingerprint density at radius 2 is 2.14 bits per heavy atom. The third kappa shape index (κ3) is 5.30. The Hall–Kier alpha value is -1.10. The summed E-state index contributed by atoms with van der Waals surface area (Å²) >= 11 is 2.12. The highest BCUT2D eigenvalue weighted by molar-refractivity contribution is 7.99. The molecule has 0 bridgehead atoms. The maximum Gasteiger partial charge on any atom is 0.222 e. The molecule has 1 heterocycles. The van der Waals surface area contributed by atoms with Crippen LogP contribution in [0.4, 0.5) is 5.95 Å². The number of ketones is 1. The van der Waals surface area contributed by atoms with Crippen LogP contribution in [-0.4, -0.2) is 33.3 Å². The predicted molar refractivity (Wildman–Crippen MR) is 89.2 cm³/mol. The Kier molecular flexibility index (Phi) is 6.49. The number of anilines is 1. The SMILES string of the molecule is CC(=O)c1cnc(NCCCSC2CCCCC2)nc1C. The number of hydrogen-bond acceptors (Lipinski definition) is 5. The minimum absolute atomic E-state index is 0.0166. The van der Waals surface area contributed by atoms with Gasteiger partial charge in [-0.05, 0) is 38.9 Å². The van der Waals surface area contributed by atoms with Crippen LogP contribution in [0.2, 0.25) is 0 Å². The molecule has 0 amide bonds. The molecule has 21 heavy (non-hydrogen) atoms. The van der Waals surface area contributed by atoms with Crippen molar-refractivity contribution >= 4 is 23.5 Å². The minimum atomic E-state index is 0.0166. The molecule has 1 aliphatic carbocycles. The Balaban J connectivity index is 1.66. The Labute approximate surface area is 131 Å². The number of aryl methyl sites for hydroxylation is 1. The van der Waals surface area contributed by atoms with Crippen LogP contribution in [0.25, 0.3) is 0 Å². The summed E-state index contributed by atoms with van der Waals surface area (Å²) in [6, 6.07) is 0. The van der Waals surface area contributed by atoms with Gasteiger partial charge in [-0.25, -0.2) is 9.97 Å². The van der Waals surface area contributed by atoms with Crippen LogP contribution < -0.4 is 5.32 Å². The van der Waals surface area contributed by atoms with Crippen LogP contribution in [-0.2, 0) is 0 Å². The van der Waals surface area contributed by atoms with E-state index in [1.54, 1.807) is 13.1 Å². The maximum atomic E-state index is 11.3. The van der Waals surface area contributed by atoms with Crippen LogP contribution in [0, 0.1) is 6.92 Å². The molecular formula is C16H25N3OS. The molecule has 0 saturated heterocycles. The molecule has 0 aromatic carbocycles. The number of carbonyl (C=O) groups is 1. The summed E-state index contributed by atoms with van der Waals surface area (Å²) in [7, 11) is 0. The summed E-state index contributed by atoms with van der Waals surface area (Å²) in [5.74, 6) is 1.84. The van der Waals surface area contributed by atoms with Crippen molar-refractivity contribution in [2.45, 2.75) is 57.6 Å². The van der Waals surface area contributed by atoms with Crippen molar-refractivity contribution in [2.75, 3.05) is 17.6 Å². The molecule has 0 atom stereocenters. The number of aromatic nitrogens is 2. The summed E-state index contributed by atoms with van der Waals surface area (Å²) in [6.07, 6.45) is 9.77. The van der Waals surface area contributed by atoms with E-state index in [1.807, 2.05) is 6.92 Å². The lowest BCUT2D eigenvalue weighted by atomic mass is 10.0. The number of nitrogens with zero attached hydrogens (tertiary/aromatic N) is 2. The second-order valence-electron chi connectivity index (χ2n) is 5.66. The molecule has 0 radical (unpaired) electrons. The molecule has 0 spiro atoms. The lowest BCUT2D eigenvalue weighted by Gasteiger charge is -2.20. The first-order valence-electron chi connectivity index (χ1n) is 7.87. The summed E-state index contributed by atoms with van der Waals surface area (Å²) in [5.41, 5.74) is 1.35. The van der Waals surface area contributed by atoms with Gasteiger partial charge in [0.1, 0.15) is 0 Å². The summed E-state index contributed by atoms with van der Waals surface area (Å²) < 4.78 is 0. The molecule has 0 aliphatic heterocycles. The first kappa shape index (κ1) is 16.3. The molecule has 2 rings (SSSR count).